The zero-order chi connectivity index (χ0) is 14.0. The largest absolute Gasteiger partial charge is 0.478 e. The van der Waals surface area contributed by atoms with E-state index in [2.05, 4.69) is 0 Å². The van der Waals surface area contributed by atoms with E-state index in [9.17, 15) is 18.4 Å². The minimum Gasteiger partial charge on any atom is -0.478 e. The van der Waals surface area contributed by atoms with Gasteiger partial charge in [0.05, 0.1) is 12.1 Å². The van der Waals surface area contributed by atoms with Gasteiger partial charge in [0.25, 0.3) is 5.56 Å². The fourth-order valence-electron chi connectivity index (χ4n) is 1.61. The van der Waals surface area contributed by atoms with Crippen molar-refractivity contribution in [1.29, 1.82) is 0 Å². The summed E-state index contributed by atoms with van der Waals surface area (Å²) in [5.41, 5.74) is -0.236. The molecule has 0 bridgehead atoms. The number of pyridine rings is 1. The number of hydrogen-bond donors (Lipinski definition) is 1. The van der Waals surface area contributed by atoms with Gasteiger partial charge in [0, 0.05) is 12.3 Å². The van der Waals surface area contributed by atoms with Crippen LogP contribution < -0.4 is 5.56 Å². The predicted molar refractivity (Wildman–Crippen MR) is 63.1 cm³/mol. The van der Waals surface area contributed by atoms with Crippen LogP contribution in [0.15, 0.2) is 41.3 Å². The first-order valence-corrected chi connectivity index (χ1v) is 5.35. The quantitative estimate of drug-likeness (QED) is 0.921. The molecule has 1 heterocycles. The number of aromatic carboxylic acids is 1. The summed E-state index contributed by atoms with van der Waals surface area (Å²) in [6.07, 6.45) is 1.30. The Kier molecular flexibility index (Phi) is 3.41. The van der Waals surface area contributed by atoms with E-state index in [4.69, 9.17) is 5.11 Å². The molecule has 0 fully saturated rings. The van der Waals surface area contributed by atoms with E-state index >= 15 is 0 Å². The predicted octanol–water partition coefficient (Wildman–Crippen LogP) is 1.87. The van der Waals surface area contributed by atoms with Gasteiger partial charge in [-0.15, -0.1) is 0 Å². The lowest BCUT2D eigenvalue weighted by molar-refractivity contribution is 0.0696. The summed E-state index contributed by atoms with van der Waals surface area (Å²) in [7, 11) is 0. The maximum Gasteiger partial charge on any atom is 0.335 e. The Hall–Kier alpha value is -2.50. The molecule has 0 unspecified atom stereocenters. The highest BCUT2D eigenvalue weighted by Crippen LogP contribution is 2.09. The first-order chi connectivity index (χ1) is 8.97. The highest BCUT2D eigenvalue weighted by Gasteiger charge is 2.07. The molecule has 0 aliphatic carbocycles. The Labute approximate surface area is 106 Å². The minimum absolute atomic E-state index is 0.0376. The third kappa shape index (κ3) is 2.85. The number of hydrogen-bond acceptors (Lipinski definition) is 2. The standard InChI is InChI=1S/C13H9F2NO3/c14-10-2-1-8(5-11(10)15)7-16-4-3-9(13(18)19)6-12(16)17/h1-6H,7H2,(H,18,19). The Bertz CT molecular complexity index is 695. The molecule has 0 spiro atoms. The molecule has 0 aliphatic heterocycles. The van der Waals surface area contributed by atoms with Crippen LogP contribution in [0.3, 0.4) is 0 Å². The molecule has 1 N–H and O–H groups in total. The van der Waals surface area contributed by atoms with Crippen molar-refractivity contribution in [3.63, 3.8) is 0 Å². The molecular weight excluding hydrogens is 256 g/mol. The van der Waals surface area contributed by atoms with E-state index in [0.29, 0.717) is 5.56 Å². The summed E-state index contributed by atoms with van der Waals surface area (Å²) < 4.78 is 27.0. The second-order valence-corrected chi connectivity index (χ2v) is 3.94. The molecule has 98 valence electrons. The zero-order valence-electron chi connectivity index (χ0n) is 9.64. The molecule has 0 amide bonds. The maximum atomic E-state index is 13.0. The zero-order valence-corrected chi connectivity index (χ0v) is 9.64. The minimum atomic E-state index is -1.20. The van der Waals surface area contributed by atoms with Crippen molar-refractivity contribution < 1.29 is 18.7 Å². The van der Waals surface area contributed by atoms with E-state index in [1.165, 1.54) is 22.9 Å². The van der Waals surface area contributed by atoms with Crippen LogP contribution in [-0.2, 0) is 6.54 Å². The van der Waals surface area contributed by atoms with Crippen LogP contribution in [0, 0.1) is 11.6 Å². The van der Waals surface area contributed by atoms with Gasteiger partial charge in [0.15, 0.2) is 11.6 Å². The van der Waals surface area contributed by atoms with E-state index in [1.807, 2.05) is 0 Å². The summed E-state index contributed by atoms with van der Waals surface area (Å²) in [4.78, 5) is 22.3. The smallest absolute Gasteiger partial charge is 0.335 e. The van der Waals surface area contributed by atoms with Crippen LogP contribution in [-0.4, -0.2) is 15.6 Å². The Morgan fingerprint density at radius 1 is 1.16 bits per heavy atom. The van der Waals surface area contributed by atoms with E-state index in [0.717, 1.165) is 18.2 Å². The van der Waals surface area contributed by atoms with Gasteiger partial charge in [0.2, 0.25) is 0 Å². The first-order valence-electron chi connectivity index (χ1n) is 5.35. The fraction of sp³-hybridized carbons (Fsp3) is 0.0769. The fourth-order valence-corrected chi connectivity index (χ4v) is 1.61. The number of halogens is 2. The van der Waals surface area contributed by atoms with Crippen LogP contribution >= 0.6 is 0 Å². The van der Waals surface area contributed by atoms with Crippen LogP contribution in [0.5, 0.6) is 0 Å². The van der Waals surface area contributed by atoms with E-state index in [-0.39, 0.29) is 12.1 Å². The van der Waals surface area contributed by atoms with Crippen LogP contribution in [0.1, 0.15) is 15.9 Å². The first kappa shape index (κ1) is 12.9. The van der Waals surface area contributed by atoms with E-state index < -0.39 is 23.2 Å². The third-order valence-corrected chi connectivity index (χ3v) is 2.58. The van der Waals surface area contributed by atoms with E-state index in [1.54, 1.807) is 0 Å². The molecule has 0 saturated heterocycles. The van der Waals surface area contributed by atoms with Crippen molar-refractivity contribution >= 4 is 5.97 Å². The van der Waals surface area contributed by atoms with Crippen LogP contribution in [0.25, 0.3) is 0 Å². The Morgan fingerprint density at radius 3 is 2.47 bits per heavy atom. The second-order valence-electron chi connectivity index (χ2n) is 3.94. The molecule has 2 rings (SSSR count). The molecule has 4 nitrogen and oxygen atoms in total. The van der Waals surface area contributed by atoms with Gasteiger partial charge >= 0.3 is 5.97 Å². The van der Waals surface area contributed by atoms with Crippen molar-refractivity contribution in [3.8, 4) is 0 Å². The van der Waals surface area contributed by atoms with Crippen LogP contribution in [0.4, 0.5) is 8.78 Å². The summed E-state index contributed by atoms with van der Waals surface area (Å²) in [6, 6.07) is 5.57. The number of carbonyl (C=O) groups is 1. The lowest BCUT2D eigenvalue weighted by Crippen LogP contribution is -2.20. The van der Waals surface area contributed by atoms with Crippen molar-refractivity contribution in [2.24, 2.45) is 0 Å². The second kappa shape index (κ2) is 5.01. The van der Waals surface area contributed by atoms with Gasteiger partial charge in [-0.25, -0.2) is 13.6 Å². The van der Waals surface area contributed by atoms with Gasteiger partial charge in [0.1, 0.15) is 0 Å². The van der Waals surface area contributed by atoms with Gasteiger partial charge in [-0.3, -0.25) is 4.79 Å². The molecule has 2 aromatic rings. The lowest BCUT2D eigenvalue weighted by Gasteiger charge is -2.06. The summed E-state index contributed by atoms with van der Waals surface area (Å²) in [5.74, 6) is -3.15. The SMILES string of the molecule is O=C(O)c1ccn(Cc2ccc(F)c(F)c2)c(=O)c1. The van der Waals surface area contributed by atoms with Crippen molar-refractivity contribution in [2.45, 2.75) is 6.54 Å². The molecule has 0 saturated carbocycles. The third-order valence-electron chi connectivity index (χ3n) is 2.58. The Morgan fingerprint density at radius 2 is 1.89 bits per heavy atom. The number of carboxylic acids is 1. The average Bonchev–Trinajstić information content (AvgIpc) is 2.36. The molecule has 0 radical (unpaired) electrons. The molecule has 0 atom stereocenters. The van der Waals surface area contributed by atoms with Gasteiger partial charge < -0.3 is 9.67 Å². The molecule has 1 aromatic carbocycles. The summed E-state index contributed by atoms with van der Waals surface area (Å²) in [5, 5.41) is 8.72. The van der Waals surface area contributed by atoms with Crippen LogP contribution in [0.2, 0.25) is 0 Å². The highest BCUT2D eigenvalue weighted by atomic mass is 19.2. The number of nitrogens with zero attached hydrogens (tertiary/aromatic N) is 1. The van der Waals surface area contributed by atoms with Gasteiger partial charge in [-0.05, 0) is 23.8 Å². The lowest BCUT2D eigenvalue weighted by atomic mass is 10.2. The molecule has 6 heteroatoms. The van der Waals surface area contributed by atoms with Gasteiger partial charge in [-0.2, -0.15) is 0 Å². The van der Waals surface area contributed by atoms with Crippen molar-refractivity contribution in [3.05, 3.63) is 69.6 Å². The maximum absolute atomic E-state index is 13.0. The number of benzene rings is 1. The Balaban J connectivity index is 2.31. The monoisotopic (exact) mass is 265 g/mol. The number of aromatic nitrogens is 1. The molecular formula is C13H9F2NO3. The molecule has 19 heavy (non-hydrogen) atoms. The average molecular weight is 265 g/mol. The summed E-state index contributed by atoms with van der Waals surface area (Å²) >= 11 is 0. The molecule has 1 aromatic heterocycles. The summed E-state index contributed by atoms with van der Waals surface area (Å²) in [6.45, 7) is 0.0376. The topological polar surface area (TPSA) is 59.3 Å². The van der Waals surface area contributed by atoms with Crippen molar-refractivity contribution in [1.82, 2.24) is 4.57 Å². The van der Waals surface area contributed by atoms with Gasteiger partial charge in [-0.1, -0.05) is 6.07 Å². The highest BCUT2D eigenvalue weighted by molar-refractivity contribution is 5.87. The normalized spacial score (nSPS) is 10.4. The number of rotatable bonds is 3. The molecule has 0 aliphatic rings. The van der Waals surface area contributed by atoms with Crippen molar-refractivity contribution in [2.75, 3.05) is 0 Å². The number of carboxylic acid groups (broad SMARTS) is 1.